The summed E-state index contributed by atoms with van der Waals surface area (Å²) in [5.74, 6) is -1.01. The van der Waals surface area contributed by atoms with Gasteiger partial charge in [-0.2, -0.15) is 5.10 Å². The summed E-state index contributed by atoms with van der Waals surface area (Å²) in [5.41, 5.74) is 6.70. The van der Waals surface area contributed by atoms with Crippen LogP contribution >= 0.6 is 0 Å². The quantitative estimate of drug-likeness (QED) is 0.889. The van der Waals surface area contributed by atoms with Crippen molar-refractivity contribution in [2.75, 3.05) is 0 Å². The van der Waals surface area contributed by atoms with Crippen LogP contribution in [0.15, 0.2) is 30.6 Å². The van der Waals surface area contributed by atoms with Gasteiger partial charge in [-0.1, -0.05) is 0 Å². The van der Waals surface area contributed by atoms with Gasteiger partial charge in [0, 0.05) is 23.9 Å². The summed E-state index contributed by atoms with van der Waals surface area (Å²) < 4.78 is 28.3. The highest BCUT2D eigenvalue weighted by molar-refractivity contribution is 5.30. The maximum atomic E-state index is 13.5. The first kappa shape index (κ1) is 11.7. The van der Waals surface area contributed by atoms with Gasteiger partial charge in [0.1, 0.15) is 11.6 Å². The number of benzene rings is 1. The first-order chi connectivity index (χ1) is 8.11. The second-order valence-corrected chi connectivity index (χ2v) is 3.77. The lowest BCUT2D eigenvalue weighted by atomic mass is 10.0. The summed E-state index contributed by atoms with van der Waals surface area (Å²) in [6.07, 6.45) is 3.30. The Labute approximate surface area is 97.9 Å². The van der Waals surface area contributed by atoms with Gasteiger partial charge in [-0.15, -0.1) is 0 Å². The molecule has 0 aliphatic rings. The highest BCUT2D eigenvalue weighted by Crippen LogP contribution is 2.22. The van der Waals surface area contributed by atoms with Gasteiger partial charge >= 0.3 is 0 Å². The van der Waals surface area contributed by atoms with Gasteiger partial charge in [-0.05, 0) is 25.1 Å². The normalized spacial score (nSPS) is 12.7. The predicted octanol–water partition coefficient (Wildman–Crippen LogP) is 2.23. The van der Waals surface area contributed by atoms with Crippen LogP contribution in [0, 0.1) is 11.6 Å². The van der Waals surface area contributed by atoms with Crippen molar-refractivity contribution >= 4 is 0 Å². The molecule has 0 spiro atoms. The predicted molar refractivity (Wildman–Crippen MR) is 60.3 cm³/mol. The Balaban J connectivity index is 2.35. The minimum Gasteiger partial charge on any atom is -0.320 e. The molecule has 5 heteroatoms. The molecule has 2 N–H and O–H groups in total. The van der Waals surface area contributed by atoms with E-state index in [1.807, 2.05) is 6.92 Å². The van der Waals surface area contributed by atoms with Crippen LogP contribution in [0.1, 0.15) is 24.1 Å². The second kappa shape index (κ2) is 4.63. The molecule has 1 atom stereocenters. The van der Waals surface area contributed by atoms with Crippen molar-refractivity contribution in [2.24, 2.45) is 5.73 Å². The zero-order valence-corrected chi connectivity index (χ0v) is 9.40. The van der Waals surface area contributed by atoms with E-state index in [2.05, 4.69) is 5.10 Å². The zero-order valence-electron chi connectivity index (χ0n) is 9.40. The number of hydrogen-bond acceptors (Lipinski definition) is 2. The van der Waals surface area contributed by atoms with Crippen molar-refractivity contribution in [1.82, 2.24) is 9.78 Å². The standard InChI is InChI=1S/C12H13F2N3/c1-2-17-7-8(6-16-17)12(15)10-5-9(13)3-4-11(10)14/h3-7,12H,2,15H2,1H3. The third-order valence-corrected chi connectivity index (χ3v) is 2.63. The molecule has 1 aromatic heterocycles. The van der Waals surface area contributed by atoms with Gasteiger partial charge in [0.2, 0.25) is 0 Å². The lowest BCUT2D eigenvalue weighted by Crippen LogP contribution is -2.13. The third kappa shape index (κ3) is 2.34. The Hall–Kier alpha value is -1.75. The third-order valence-electron chi connectivity index (χ3n) is 2.63. The molecule has 1 unspecified atom stereocenters. The molecule has 2 rings (SSSR count). The van der Waals surface area contributed by atoms with E-state index >= 15 is 0 Å². The van der Waals surface area contributed by atoms with E-state index in [1.54, 1.807) is 17.1 Å². The monoisotopic (exact) mass is 237 g/mol. The van der Waals surface area contributed by atoms with Crippen LogP contribution in [0.5, 0.6) is 0 Å². The zero-order chi connectivity index (χ0) is 12.4. The Morgan fingerprint density at radius 2 is 2.18 bits per heavy atom. The minimum absolute atomic E-state index is 0.139. The van der Waals surface area contributed by atoms with Crippen molar-refractivity contribution in [3.05, 3.63) is 53.4 Å². The van der Waals surface area contributed by atoms with Crippen molar-refractivity contribution < 1.29 is 8.78 Å². The molecule has 0 aliphatic heterocycles. The molecule has 0 saturated heterocycles. The molecule has 0 radical (unpaired) electrons. The van der Waals surface area contributed by atoms with E-state index in [9.17, 15) is 8.78 Å². The largest absolute Gasteiger partial charge is 0.320 e. The summed E-state index contributed by atoms with van der Waals surface area (Å²) in [7, 11) is 0. The lowest BCUT2D eigenvalue weighted by molar-refractivity contribution is 0.576. The van der Waals surface area contributed by atoms with E-state index in [0.717, 1.165) is 18.2 Å². The first-order valence-electron chi connectivity index (χ1n) is 5.34. The molecule has 0 bridgehead atoms. The molecular weight excluding hydrogens is 224 g/mol. The van der Waals surface area contributed by atoms with Crippen LogP contribution in [0.4, 0.5) is 8.78 Å². The van der Waals surface area contributed by atoms with E-state index in [4.69, 9.17) is 5.73 Å². The smallest absolute Gasteiger partial charge is 0.128 e. The number of aromatic nitrogens is 2. The van der Waals surface area contributed by atoms with Crippen LogP contribution in [-0.2, 0) is 6.54 Å². The van der Waals surface area contributed by atoms with Crippen LogP contribution in [-0.4, -0.2) is 9.78 Å². The van der Waals surface area contributed by atoms with Crippen LogP contribution in [0.2, 0.25) is 0 Å². The fraction of sp³-hybridized carbons (Fsp3) is 0.250. The number of hydrogen-bond donors (Lipinski definition) is 1. The maximum absolute atomic E-state index is 13.5. The van der Waals surface area contributed by atoms with Crippen molar-refractivity contribution in [2.45, 2.75) is 19.5 Å². The molecule has 90 valence electrons. The summed E-state index contributed by atoms with van der Waals surface area (Å²) in [5, 5.41) is 4.05. The van der Waals surface area contributed by atoms with E-state index < -0.39 is 17.7 Å². The van der Waals surface area contributed by atoms with E-state index in [0.29, 0.717) is 12.1 Å². The summed E-state index contributed by atoms with van der Waals surface area (Å²) in [4.78, 5) is 0. The lowest BCUT2D eigenvalue weighted by Gasteiger charge is -2.10. The topological polar surface area (TPSA) is 43.8 Å². The average Bonchev–Trinajstić information content (AvgIpc) is 2.80. The minimum atomic E-state index is -0.703. The fourth-order valence-electron chi connectivity index (χ4n) is 1.65. The van der Waals surface area contributed by atoms with Gasteiger partial charge in [0.15, 0.2) is 0 Å². The number of aryl methyl sites for hydroxylation is 1. The molecule has 2 aromatic rings. The molecule has 0 saturated carbocycles. The van der Waals surface area contributed by atoms with Crippen LogP contribution in [0.3, 0.4) is 0 Å². The highest BCUT2D eigenvalue weighted by atomic mass is 19.1. The SMILES string of the molecule is CCn1cc(C(N)c2cc(F)ccc2F)cn1. The Morgan fingerprint density at radius 1 is 1.41 bits per heavy atom. The van der Waals surface area contributed by atoms with Gasteiger partial charge in [0.25, 0.3) is 0 Å². The van der Waals surface area contributed by atoms with E-state index in [-0.39, 0.29) is 5.56 Å². The van der Waals surface area contributed by atoms with Crippen molar-refractivity contribution in [1.29, 1.82) is 0 Å². The van der Waals surface area contributed by atoms with E-state index in [1.165, 1.54) is 0 Å². The van der Waals surface area contributed by atoms with Crippen LogP contribution < -0.4 is 5.73 Å². The molecule has 0 fully saturated rings. The highest BCUT2D eigenvalue weighted by Gasteiger charge is 2.16. The van der Waals surface area contributed by atoms with Crippen molar-refractivity contribution in [3.8, 4) is 0 Å². The maximum Gasteiger partial charge on any atom is 0.128 e. The van der Waals surface area contributed by atoms with Gasteiger partial charge in [-0.25, -0.2) is 8.78 Å². The molecule has 1 aromatic carbocycles. The number of rotatable bonds is 3. The molecule has 17 heavy (non-hydrogen) atoms. The Kier molecular flexibility index (Phi) is 3.19. The number of halogens is 2. The van der Waals surface area contributed by atoms with Gasteiger partial charge in [0.05, 0.1) is 12.2 Å². The molecule has 3 nitrogen and oxygen atoms in total. The molecule has 0 aliphatic carbocycles. The summed E-state index contributed by atoms with van der Waals surface area (Å²) in [6.45, 7) is 2.64. The van der Waals surface area contributed by atoms with Crippen LogP contribution in [0.25, 0.3) is 0 Å². The number of nitrogens with two attached hydrogens (primary N) is 1. The second-order valence-electron chi connectivity index (χ2n) is 3.77. The summed E-state index contributed by atoms with van der Waals surface area (Å²) in [6, 6.07) is 2.56. The Bertz CT molecular complexity index is 522. The Morgan fingerprint density at radius 3 is 2.82 bits per heavy atom. The molecular formula is C12H13F2N3. The van der Waals surface area contributed by atoms with Gasteiger partial charge in [-0.3, -0.25) is 4.68 Å². The fourth-order valence-corrected chi connectivity index (χ4v) is 1.65. The summed E-state index contributed by atoms with van der Waals surface area (Å²) >= 11 is 0. The molecule has 0 amide bonds. The average molecular weight is 237 g/mol. The first-order valence-corrected chi connectivity index (χ1v) is 5.34. The van der Waals surface area contributed by atoms with Crippen molar-refractivity contribution in [3.63, 3.8) is 0 Å². The van der Waals surface area contributed by atoms with Gasteiger partial charge < -0.3 is 5.73 Å². The number of nitrogens with zero attached hydrogens (tertiary/aromatic N) is 2. The molecule has 1 heterocycles.